The molecule has 0 spiro atoms. The van der Waals surface area contributed by atoms with E-state index in [2.05, 4.69) is 35.2 Å². The van der Waals surface area contributed by atoms with Gasteiger partial charge in [0.25, 0.3) is 0 Å². The minimum absolute atomic E-state index is 0.0228. The number of carbonyl (C=O) groups is 2. The van der Waals surface area contributed by atoms with Gasteiger partial charge in [-0.1, -0.05) is 83.9 Å². The van der Waals surface area contributed by atoms with Gasteiger partial charge in [-0.3, -0.25) is 9.59 Å². The van der Waals surface area contributed by atoms with Crippen LogP contribution in [0.3, 0.4) is 0 Å². The molecule has 1 atom stereocenters. The molecule has 0 radical (unpaired) electrons. The van der Waals surface area contributed by atoms with E-state index in [-0.39, 0.29) is 24.2 Å². The maximum Gasteiger partial charge on any atom is 0.232 e. The van der Waals surface area contributed by atoms with Gasteiger partial charge in [0.2, 0.25) is 11.8 Å². The molecule has 0 saturated carbocycles. The lowest BCUT2D eigenvalue weighted by Crippen LogP contribution is -2.40. The number of anilines is 1. The van der Waals surface area contributed by atoms with E-state index in [0.29, 0.717) is 29.7 Å². The Bertz CT molecular complexity index is 1280. The third-order valence-corrected chi connectivity index (χ3v) is 8.93. The first kappa shape index (κ1) is 28.7. The quantitative estimate of drug-likeness (QED) is 0.268. The zero-order valence-electron chi connectivity index (χ0n) is 22.9. The van der Waals surface area contributed by atoms with Gasteiger partial charge >= 0.3 is 0 Å². The van der Waals surface area contributed by atoms with Crippen LogP contribution in [0.1, 0.15) is 36.8 Å². The van der Waals surface area contributed by atoms with E-state index in [9.17, 15) is 9.59 Å². The third-order valence-electron chi connectivity index (χ3n) is 8.19. The molecule has 0 bridgehead atoms. The van der Waals surface area contributed by atoms with Crippen LogP contribution in [0.5, 0.6) is 0 Å². The Labute approximate surface area is 247 Å². The van der Waals surface area contributed by atoms with E-state index in [1.165, 1.54) is 18.4 Å². The highest BCUT2D eigenvalue weighted by Crippen LogP contribution is 2.30. The summed E-state index contributed by atoms with van der Waals surface area (Å²) in [4.78, 5) is 32.8. The van der Waals surface area contributed by atoms with Crippen molar-refractivity contribution in [1.29, 1.82) is 0 Å². The number of piperidine rings is 1. The second kappa shape index (κ2) is 13.7. The smallest absolute Gasteiger partial charge is 0.232 e. The molecule has 3 aromatic carbocycles. The molecule has 5 rings (SSSR count). The lowest BCUT2D eigenvalue weighted by atomic mass is 9.90. The summed E-state index contributed by atoms with van der Waals surface area (Å²) >= 11 is 12.5. The van der Waals surface area contributed by atoms with Gasteiger partial charge in [0.15, 0.2) is 0 Å². The van der Waals surface area contributed by atoms with Gasteiger partial charge in [-0.25, -0.2) is 0 Å². The van der Waals surface area contributed by atoms with Gasteiger partial charge < -0.3 is 14.7 Å². The van der Waals surface area contributed by atoms with Crippen LogP contribution in [0, 0.1) is 11.8 Å². The molecule has 2 aliphatic heterocycles. The fourth-order valence-corrected chi connectivity index (χ4v) is 6.24. The van der Waals surface area contributed by atoms with Crippen molar-refractivity contribution in [2.24, 2.45) is 11.8 Å². The number of nitrogens with zero attached hydrogens (tertiary/aromatic N) is 3. The highest BCUT2D eigenvalue weighted by molar-refractivity contribution is 6.42. The van der Waals surface area contributed by atoms with Gasteiger partial charge in [-0.15, -0.1) is 0 Å². The summed E-state index contributed by atoms with van der Waals surface area (Å²) in [5, 5.41) is 0.881. The van der Waals surface area contributed by atoms with E-state index in [1.807, 2.05) is 41.3 Å². The highest BCUT2D eigenvalue weighted by Gasteiger charge is 2.37. The van der Waals surface area contributed by atoms with Crippen LogP contribution in [-0.2, 0) is 22.6 Å². The number of amides is 2. The second-order valence-electron chi connectivity index (χ2n) is 11.1. The SMILES string of the molecule is O=C1CC(C(=O)N(CCCN2CCC(Cc3ccccc3)CC2)c2ccc(Cl)c(Cl)c2)CN1Cc1ccccc1. The van der Waals surface area contributed by atoms with E-state index in [4.69, 9.17) is 23.2 Å². The van der Waals surface area contributed by atoms with Crippen molar-refractivity contribution in [3.63, 3.8) is 0 Å². The average Bonchev–Trinajstić information content (AvgIpc) is 3.34. The van der Waals surface area contributed by atoms with Crippen molar-refractivity contribution in [3.8, 4) is 0 Å². The summed E-state index contributed by atoms with van der Waals surface area (Å²) in [7, 11) is 0. The van der Waals surface area contributed by atoms with Crippen LogP contribution in [0.25, 0.3) is 0 Å². The van der Waals surface area contributed by atoms with Crippen molar-refractivity contribution in [2.75, 3.05) is 37.6 Å². The Morgan fingerprint density at radius 3 is 2.23 bits per heavy atom. The largest absolute Gasteiger partial charge is 0.338 e. The molecule has 3 aromatic rings. The minimum atomic E-state index is -0.376. The molecule has 40 heavy (non-hydrogen) atoms. The molecular weight excluding hydrogens is 541 g/mol. The van der Waals surface area contributed by atoms with E-state index in [1.54, 1.807) is 17.0 Å². The molecular formula is C33H37Cl2N3O2. The molecule has 0 N–H and O–H groups in total. The molecule has 5 nitrogen and oxygen atoms in total. The van der Waals surface area contributed by atoms with E-state index in [0.717, 1.165) is 49.6 Å². The van der Waals surface area contributed by atoms with Crippen molar-refractivity contribution in [2.45, 2.75) is 38.6 Å². The Morgan fingerprint density at radius 2 is 1.55 bits per heavy atom. The fraction of sp³-hybridized carbons (Fsp3) is 0.394. The van der Waals surface area contributed by atoms with Crippen molar-refractivity contribution in [3.05, 3.63) is 100 Å². The topological polar surface area (TPSA) is 43.9 Å². The number of likely N-dealkylation sites (tertiary alicyclic amines) is 2. The summed E-state index contributed by atoms with van der Waals surface area (Å²) in [6, 6.07) is 26.0. The number of halogens is 2. The zero-order chi connectivity index (χ0) is 27.9. The molecule has 2 fully saturated rings. The molecule has 2 amide bonds. The predicted molar refractivity (Wildman–Crippen MR) is 163 cm³/mol. The Kier molecular flexibility index (Phi) is 9.79. The van der Waals surface area contributed by atoms with Gasteiger partial charge in [-0.05, 0) is 80.6 Å². The molecule has 0 aromatic heterocycles. The van der Waals surface area contributed by atoms with Gasteiger partial charge in [0.1, 0.15) is 0 Å². The molecule has 0 aliphatic carbocycles. The zero-order valence-corrected chi connectivity index (χ0v) is 24.4. The molecule has 2 aliphatic rings. The standard InChI is InChI=1S/C33H37Cl2N3O2/c34-30-13-12-29(22-31(30)35)38(33(40)28-21-32(39)37(24-28)23-27-10-5-2-6-11-27)17-7-16-36-18-14-26(15-19-36)20-25-8-3-1-4-9-25/h1-6,8-13,22,26,28H,7,14-21,23-24H2. The van der Waals surface area contributed by atoms with Crippen LogP contribution in [0.15, 0.2) is 78.9 Å². The average molecular weight is 579 g/mol. The molecule has 1 unspecified atom stereocenters. The molecule has 7 heteroatoms. The van der Waals surface area contributed by atoms with E-state index < -0.39 is 0 Å². The first-order valence-corrected chi connectivity index (χ1v) is 15.1. The maximum atomic E-state index is 13.8. The lowest BCUT2D eigenvalue weighted by Gasteiger charge is -2.33. The molecule has 2 heterocycles. The first-order chi connectivity index (χ1) is 19.5. The minimum Gasteiger partial charge on any atom is -0.338 e. The predicted octanol–water partition coefficient (Wildman–Crippen LogP) is 6.72. The van der Waals surface area contributed by atoms with Gasteiger partial charge in [-0.2, -0.15) is 0 Å². The van der Waals surface area contributed by atoms with Crippen molar-refractivity contribution >= 4 is 40.7 Å². The fourth-order valence-electron chi connectivity index (χ4n) is 5.95. The first-order valence-electron chi connectivity index (χ1n) is 14.3. The number of benzene rings is 3. The number of hydrogen-bond donors (Lipinski definition) is 0. The number of carbonyl (C=O) groups excluding carboxylic acids is 2. The van der Waals surface area contributed by atoms with Gasteiger partial charge in [0, 0.05) is 31.7 Å². The lowest BCUT2D eigenvalue weighted by molar-refractivity contribution is -0.128. The maximum absolute atomic E-state index is 13.8. The number of hydrogen-bond acceptors (Lipinski definition) is 3. The van der Waals surface area contributed by atoms with Crippen molar-refractivity contribution in [1.82, 2.24) is 9.80 Å². The second-order valence-corrected chi connectivity index (χ2v) is 11.9. The van der Waals surface area contributed by atoms with Crippen molar-refractivity contribution < 1.29 is 9.59 Å². The normalized spacial score (nSPS) is 18.3. The third kappa shape index (κ3) is 7.45. The van der Waals surface area contributed by atoms with Crippen LogP contribution in [0.4, 0.5) is 5.69 Å². The van der Waals surface area contributed by atoms with Crippen LogP contribution >= 0.6 is 23.2 Å². The van der Waals surface area contributed by atoms with Crippen LogP contribution in [-0.4, -0.2) is 54.3 Å². The van der Waals surface area contributed by atoms with Crippen LogP contribution < -0.4 is 4.90 Å². The summed E-state index contributed by atoms with van der Waals surface area (Å²) < 4.78 is 0. The summed E-state index contributed by atoms with van der Waals surface area (Å²) in [6.07, 6.45) is 4.63. The summed E-state index contributed by atoms with van der Waals surface area (Å²) in [6.45, 7) is 4.64. The van der Waals surface area contributed by atoms with Gasteiger partial charge in [0.05, 0.1) is 16.0 Å². The Morgan fingerprint density at radius 1 is 0.875 bits per heavy atom. The molecule has 2 saturated heterocycles. The summed E-state index contributed by atoms with van der Waals surface area (Å²) in [5.41, 5.74) is 3.22. The molecule has 210 valence electrons. The Balaban J connectivity index is 1.18. The van der Waals surface area contributed by atoms with E-state index >= 15 is 0 Å². The number of rotatable bonds is 10. The Hall–Kier alpha value is -2.86. The highest BCUT2D eigenvalue weighted by atomic mass is 35.5. The summed E-state index contributed by atoms with van der Waals surface area (Å²) in [5.74, 6) is 0.351. The monoisotopic (exact) mass is 577 g/mol. The van der Waals surface area contributed by atoms with Crippen LogP contribution in [0.2, 0.25) is 10.0 Å².